The van der Waals surface area contributed by atoms with E-state index in [1.54, 1.807) is 0 Å². The van der Waals surface area contributed by atoms with Crippen LogP contribution in [0.25, 0.3) is 0 Å². The highest BCUT2D eigenvalue weighted by Crippen LogP contribution is 2.30. The summed E-state index contributed by atoms with van der Waals surface area (Å²) in [5.74, 6) is 0.504. The molecule has 1 aliphatic carbocycles. The van der Waals surface area contributed by atoms with Crippen LogP contribution >= 0.6 is 12.2 Å². The maximum absolute atomic E-state index is 11.9. The van der Waals surface area contributed by atoms with Gasteiger partial charge >= 0.3 is 5.97 Å². The first-order valence-corrected chi connectivity index (χ1v) is 11.7. The van der Waals surface area contributed by atoms with E-state index in [0.29, 0.717) is 5.92 Å². The molecule has 0 aliphatic heterocycles. The second kappa shape index (κ2) is 11.3. The highest BCUT2D eigenvalue weighted by molar-refractivity contribution is 7.80. The van der Waals surface area contributed by atoms with E-state index in [9.17, 15) is 4.79 Å². The molecular formula is C26H34N2O2S. The van der Waals surface area contributed by atoms with Crippen LogP contribution in [-0.2, 0) is 22.5 Å². The predicted octanol–water partition coefficient (Wildman–Crippen LogP) is 5.74. The molecule has 0 unspecified atom stereocenters. The Kier molecular flexibility index (Phi) is 8.47. The highest BCUT2D eigenvalue weighted by Gasteiger charge is 2.28. The van der Waals surface area contributed by atoms with Crippen molar-refractivity contribution in [1.82, 2.24) is 4.90 Å². The lowest BCUT2D eigenvalue weighted by Crippen LogP contribution is -2.39. The minimum absolute atomic E-state index is 0.0494. The summed E-state index contributed by atoms with van der Waals surface area (Å²) in [5, 5.41) is 4.22. The van der Waals surface area contributed by atoms with Gasteiger partial charge in [-0.05, 0) is 79.9 Å². The van der Waals surface area contributed by atoms with Gasteiger partial charge in [0.1, 0.15) is 0 Å². The van der Waals surface area contributed by atoms with Gasteiger partial charge in [0.2, 0.25) is 0 Å². The molecule has 1 aliphatic rings. The van der Waals surface area contributed by atoms with Gasteiger partial charge in [-0.2, -0.15) is 0 Å². The molecule has 2 aromatic rings. The van der Waals surface area contributed by atoms with Gasteiger partial charge in [-0.1, -0.05) is 49.4 Å². The number of carbonyl (C=O) groups is 1. The number of hydrogen-bond donors (Lipinski definition) is 1. The molecule has 0 amide bonds. The van der Waals surface area contributed by atoms with E-state index in [0.717, 1.165) is 56.0 Å². The summed E-state index contributed by atoms with van der Waals surface area (Å²) in [6.07, 6.45) is 4.89. The largest absolute Gasteiger partial charge is 0.469 e. The number of nitrogens with one attached hydrogen (secondary N) is 1. The van der Waals surface area contributed by atoms with Gasteiger partial charge in [0.25, 0.3) is 0 Å². The van der Waals surface area contributed by atoms with Crippen molar-refractivity contribution in [2.75, 3.05) is 19.0 Å². The summed E-state index contributed by atoms with van der Waals surface area (Å²) in [7, 11) is 1.48. The van der Waals surface area contributed by atoms with Gasteiger partial charge in [-0.15, -0.1) is 0 Å². The lowest BCUT2D eigenvalue weighted by molar-refractivity contribution is -0.146. The van der Waals surface area contributed by atoms with Crippen LogP contribution < -0.4 is 5.32 Å². The van der Waals surface area contributed by atoms with Crippen molar-refractivity contribution in [1.29, 1.82) is 0 Å². The number of thiocarbonyl (C=S) groups is 1. The Hall–Kier alpha value is -2.40. The Morgan fingerprint density at radius 2 is 1.71 bits per heavy atom. The Morgan fingerprint density at radius 3 is 2.32 bits per heavy atom. The Bertz CT molecular complexity index is 873. The second-order valence-electron chi connectivity index (χ2n) is 8.54. The minimum atomic E-state index is -0.0666. The van der Waals surface area contributed by atoms with E-state index in [4.69, 9.17) is 17.0 Å². The lowest BCUT2D eigenvalue weighted by Gasteiger charge is -2.33. The summed E-state index contributed by atoms with van der Waals surface area (Å²) in [5.41, 5.74) is 4.83. The molecule has 0 saturated heterocycles. The number of benzene rings is 2. The number of nitrogens with zero attached hydrogens (tertiary/aromatic N) is 1. The quantitative estimate of drug-likeness (QED) is 0.441. The zero-order valence-electron chi connectivity index (χ0n) is 18.9. The van der Waals surface area contributed by atoms with Crippen LogP contribution in [0.1, 0.15) is 49.3 Å². The molecule has 166 valence electrons. The van der Waals surface area contributed by atoms with Crippen LogP contribution in [0.15, 0.2) is 48.5 Å². The molecule has 0 spiro atoms. The van der Waals surface area contributed by atoms with E-state index < -0.39 is 0 Å². The number of para-hydroxylation sites is 1. The van der Waals surface area contributed by atoms with Crippen molar-refractivity contribution in [2.24, 2.45) is 11.8 Å². The number of hydrogen-bond acceptors (Lipinski definition) is 3. The van der Waals surface area contributed by atoms with E-state index in [2.05, 4.69) is 60.5 Å². The van der Waals surface area contributed by atoms with Gasteiger partial charge < -0.3 is 15.0 Å². The maximum Gasteiger partial charge on any atom is 0.308 e. The van der Waals surface area contributed by atoms with Gasteiger partial charge in [-0.3, -0.25) is 4.79 Å². The monoisotopic (exact) mass is 438 g/mol. The van der Waals surface area contributed by atoms with E-state index in [1.165, 1.54) is 23.8 Å². The molecule has 31 heavy (non-hydrogen) atoms. The first kappa shape index (κ1) is 23.3. The Morgan fingerprint density at radius 1 is 1.06 bits per heavy atom. The number of anilines is 1. The molecule has 1 N–H and O–H groups in total. The molecule has 0 atom stereocenters. The molecule has 1 fully saturated rings. The van der Waals surface area contributed by atoms with Crippen LogP contribution in [0.2, 0.25) is 0 Å². The lowest BCUT2D eigenvalue weighted by atomic mass is 9.82. The number of methoxy groups -OCH3 is 1. The van der Waals surface area contributed by atoms with E-state index >= 15 is 0 Å². The second-order valence-corrected chi connectivity index (χ2v) is 8.92. The fraction of sp³-hybridized carbons (Fsp3) is 0.462. The smallest absolute Gasteiger partial charge is 0.308 e. The number of esters is 1. The van der Waals surface area contributed by atoms with E-state index in [-0.39, 0.29) is 11.9 Å². The fourth-order valence-corrected chi connectivity index (χ4v) is 4.54. The number of ether oxygens (including phenoxy) is 1. The van der Waals surface area contributed by atoms with Crippen LogP contribution in [0, 0.1) is 18.8 Å². The molecule has 0 aromatic heterocycles. The molecule has 4 nitrogen and oxygen atoms in total. The van der Waals surface area contributed by atoms with E-state index in [1.807, 2.05) is 12.1 Å². The van der Waals surface area contributed by atoms with Crippen molar-refractivity contribution in [3.05, 3.63) is 65.2 Å². The topological polar surface area (TPSA) is 41.6 Å². The summed E-state index contributed by atoms with van der Waals surface area (Å²) in [6.45, 7) is 5.93. The summed E-state index contributed by atoms with van der Waals surface area (Å²) in [6, 6.07) is 17.0. The van der Waals surface area contributed by atoms with Crippen molar-refractivity contribution in [3.8, 4) is 0 Å². The van der Waals surface area contributed by atoms with Crippen LogP contribution in [-0.4, -0.2) is 29.6 Å². The molecule has 0 bridgehead atoms. The third-order valence-corrected chi connectivity index (χ3v) is 6.70. The average molecular weight is 439 g/mol. The normalized spacial score (nSPS) is 18.3. The summed E-state index contributed by atoms with van der Waals surface area (Å²) < 4.78 is 4.94. The van der Waals surface area contributed by atoms with Crippen molar-refractivity contribution in [2.45, 2.75) is 52.5 Å². The number of aryl methyl sites for hydroxylation is 2. The maximum atomic E-state index is 11.9. The standard InChI is InChI=1S/C26H34N2O2S/c1-4-20-9-11-21(12-10-20)17-28(26(31)27-24-8-6-5-7-19(24)2)18-22-13-15-23(16-14-22)25(29)30-3/h5-12,22-23H,4,13-18H2,1-3H3,(H,27,31). The first-order chi connectivity index (χ1) is 15.0. The molecule has 3 rings (SSSR count). The minimum Gasteiger partial charge on any atom is -0.469 e. The summed E-state index contributed by atoms with van der Waals surface area (Å²) >= 11 is 5.86. The summed E-state index contributed by atoms with van der Waals surface area (Å²) in [4.78, 5) is 14.2. The Labute approximate surface area is 192 Å². The zero-order chi connectivity index (χ0) is 22.2. The third-order valence-electron chi connectivity index (χ3n) is 6.34. The highest BCUT2D eigenvalue weighted by atomic mass is 32.1. The number of rotatable bonds is 7. The molecule has 0 radical (unpaired) electrons. The van der Waals surface area contributed by atoms with Crippen LogP contribution in [0.5, 0.6) is 0 Å². The molecule has 0 heterocycles. The van der Waals surface area contributed by atoms with Crippen LogP contribution in [0.3, 0.4) is 0 Å². The predicted molar refractivity (Wildman–Crippen MR) is 131 cm³/mol. The third kappa shape index (κ3) is 6.54. The van der Waals surface area contributed by atoms with Gasteiger partial charge in [0.15, 0.2) is 5.11 Å². The van der Waals surface area contributed by atoms with Gasteiger partial charge in [-0.25, -0.2) is 0 Å². The Balaban J connectivity index is 1.70. The van der Waals surface area contributed by atoms with Crippen molar-refractivity contribution in [3.63, 3.8) is 0 Å². The van der Waals surface area contributed by atoms with Crippen molar-refractivity contribution < 1.29 is 9.53 Å². The number of carbonyl (C=O) groups excluding carboxylic acids is 1. The molecule has 5 heteroatoms. The first-order valence-electron chi connectivity index (χ1n) is 11.3. The molecule has 2 aromatic carbocycles. The molecular weight excluding hydrogens is 404 g/mol. The van der Waals surface area contributed by atoms with Gasteiger partial charge in [0.05, 0.1) is 13.0 Å². The van der Waals surface area contributed by atoms with Gasteiger partial charge in [0, 0.05) is 18.8 Å². The van der Waals surface area contributed by atoms with Crippen LogP contribution in [0.4, 0.5) is 5.69 Å². The average Bonchev–Trinajstić information content (AvgIpc) is 2.80. The molecule has 1 saturated carbocycles. The zero-order valence-corrected chi connectivity index (χ0v) is 19.7. The fourth-order valence-electron chi connectivity index (χ4n) is 4.29. The SMILES string of the molecule is CCc1ccc(CN(CC2CCC(C(=O)OC)CC2)C(=S)Nc2ccccc2C)cc1. The van der Waals surface area contributed by atoms with Crippen molar-refractivity contribution >= 4 is 29.0 Å².